The molecule has 0 aromatic heterocycles. The predicted molar refractivity (Wildman–Crippen MR) is 79.1 cm³/mol. The number of hydrogen-bond acceptors (Lipinski definition) is 4. The predicted octanol–water partition coefficient (Wildman–Crippen LogP) is 1.27. The maximum atomic E-state index is 12.4. The molecule has 1 atom stereocenters. The first kappa shape index (κ1) is 14.5. The molecule has 6 heteroatoms. The van der Waals surface area contributed by atoms with E-state index in [9.17, 15) is 8.42 Å². The van der Waals surface area contributed by atoms with E-state index in [1.165, 1.54) is 12.8 Å². The van der Waals surface area contributed by atoms with E-state index < -0.39 is 10.0 Å². The number of rotatable bonds is 5. The molecule has 0 bridgehead atoms. The van der Waals surface area contributed by atoms with Crippen LogP contribution < -0.4 is 4.72 Å². The summed E-state index contributed by atoms with van der Waals surface area (Å²) >= 11 is 0. The second-order valence-electron chi connectivity index (χ2n) is 5.81. The van der Waals surface area contributed by atoms with E-state index in [0.717, 1.165) is 25.1 Å². The Labute approximate surface area is 125 Å². The van der Waals surface area contributed by atoms with Crippen molar-refractivity contribution in [2.24, 2.45) is 0 Å². The van der Waals surface area contributed by atoms with Crippen molar-refractivity contribution in [1.29, 1.82) is 5.26 Å². The molecule has 21 heavy (non-hydrogen) atoms. The van der Waals surface area contributed by atoms with Crippen molar-refractivity contribution in [2.45, 2.75) is 42.7 Å². The Morgan fingerprint density at radius 1 is 1.24 bits per heavy atom. The Hall–Kier alpha value is -1.42. The molecule has 1 saturated heterocycles. The fourth-order valence-electron chi connectivity index (χ4n) is 2.82. The van der Waals surface area contributed by atoms with E-state index in [1.807, 2.05) is 0 Å². The zero-order valence-electron chi connectivity index (χ0n) is 11.8. The average molecular weight is 305 g/mol. The van der Waals surface area contributed by atoms with Gasteiger partial charge in [0, 0.05) is 25.2 Å². The molecule has 1 N–H and O–H groups in total. The van der Waals surface area contributed by atoms with Crippen molar-refractivity contribution in [1.82, 2.24) is 9.62 Å². The molecular formula is C15H19N3O2S. The Morgan fingerprint density at radius 3 is 2.57 bits per heavy atom. The van der Waals surface area contributed by atoms with Crippen LogP contribution in [0.2, 0.25) is 0 Å². The van der Waals surface area contributed by atoms with E-state index in [2.05, 4.69) is 15.7 Å². The molecule has 1 aromatic carbocycles. The summed E-state index contributed by atoms with van der Waals surface area (Å²) in [4.78, 5) is 2.65. The van der Waals surface area contributed by atoms with Crippen LogP contribution in [0, 0.1) is 11.3 Å². The minimum absolute atomic E-state index is 0.00869. The Kier molecular flexibility index (Phi) is 3.98. The SMILES string of the molecule is N#CCc1ccc(S(=O)(=O)NC2CCN(C3CC3)C2)cc1. The fraction of sp³-hybridized carbons (Fsp3) is 0.533. The Balaban J connectivity index is 1.64. The zero-order valence-corrected chi connectivity index (χ0v) is 12.6. The van der Waals surface area contributed by atoms with Gasteiger partial charge < -0.3 is 0 Å². The molecule has 2 fully saturated rings. The first-order chi connectivity index (χ1) is 10.1. The van der Waals surface area contributed by atoms with Gasteiger partial charge in [0.15, 0.2) is 0 Å². The Bertz CT molecular complexity index is 644. The quantitative estimate of drug-likeness (QED) is 0.889. The molecule has 2 aliphatic rings. The van der Waals surface area contributed by atoms with Crippen LogP contribution in [0.5, 0.6) is 0 Å². The van der Waals surface area contributed by atoms with Crippen LogP contribution in [-0.2, 0) is 16.4 Å². The highest BCUT2D eigenvalue weighted by Gasteiger charge is 2.35. The van der Waals surface area contributed by atoms with E-state index in [-0.39, 0.29) is 10.9 Å². The molecule has 1 aromatic rings. The lowest BCUT2D eigenvalue weighted by Gasteiger charge is -2.16. The molecule has 5 nitrogen and oxygen atoms in total. The standard InChI is InChI=1S/C15H19N3O2S/c16-9-7-12-1-5-15(6-2-12)21(19,20)17-13-8-10-18(11-13)14-3-4-14/h1-2,5-6,13-14,17H,3-4,7-8,10-11H2. The monoisotopic (exact) mass is 305 g/mol. The van der Waals surface area contributed by atoms with Gasteiger partial charge in [-0.15, -0.1) is 0 Å². The van der Waals surface area contributed by atoms with Gasteiger partial charge in [-0.1, -0.05) is 12.1 Å². The van der Waals surface area contributed by atoms with Crippen LogP contribution in [0.1, 0.15) is 24.8 Å². The third-order valence-electron chi connectivity index (χ3n) is 4.12. The molecular weight excluding hydrogens is 286 g/mol. The lowest BCUT2D eigenvalue weighted by atomic mass is 10.2. The van der Waals surface area contributed by atoms with Gasteiger partial charge in [-0.2, -0.15) is 5.26 Å². The number of benzene rings is 1. The lowest BCUT2D eigenvalue weighted by molar-refractivity contribution is 0.322. The molecule has 1 aliphatic heterocycles. The summed E-state index contributed by atoms with van der Waals surface area (Å²) in [6, 6.07) is 9.28. The van der Waals surface area contributed by atoms with Crippen LogP contribution in [-0.4, -0.2) is 38.5 Å². The number of nitrogens with zero attached hydrogens (tertiary/aromatic N) is 2. The van der Waals surface area contributed by atoms with Crippen molar-refractivity contribution in [3.05, 3.63) is 29.8 Å². The maximum Gasteiger partial charge on any atom is 0.240 e. The number of hydrogen-bond donors (Lipinski definition) is 1. The highest BCUT2D eigenvalue weighted by atomic mass is 32.2. The molecule has 0 radical (unpaired) electrons. The van der Waals surface area contributed by atoms with Gasteiger partial charge in [-0.05, 0) is 37.0 Å². The summed E-state index contributed by atoms with van der Waals surface area (Å²) in [5, 5.41) is 8.63. The van der Waals surface area contributed by atoms with Crippen molar-refractivity contribution >= 4 is 10.0 Å². The number of nitrogens with one attached hydrogen (secondary N) is 1. The zero-order chi connectivity index (χ0) is 14.9. The van der Waals surface area contributed by atoms with Crippen LogP contribution in [0.15, 0.2) is 29.2 Å². The number of likely N-dealkylation sites (tertiary alicyclic amines) is 1. The van der Waals surface area contributed by atoms with E-state index in [0.29, 0.717) is 12.5 Å². The first-order valence-electron chi connectivity index (χ1n) is 7.31. The normalized spacial score (nSPS) is 23.1. The molecule has 0 spiro atoms. The van der Waals surface area contributed by atoms with Crippen LogP contribution in [0.4, 0.5) is 0 Å². The average Bonchev–Trinajstić information content (AvgIpc) is 3.21. The van der Waals surface area contributed by atoms with Gasteiger partial charge in [0.05, 0.1) is 17.4 Å². The molecule has 0 amide bonds. The van der Waals surface area contributed by atoms with Gasteiger partial charge >= 0.3 is 0 Å². The fourth-order valence-corrected chi connectivity index (χ4v) is 4.08. The summed E-state index contributed by atoms with van der Waals surface area (Å²) in [6.45, 7) is 1.80. The summed E-state index contributed by atoms with van der Waals surface area (Å²) in [5.41, 5.74) is 0.831. The minimum Gasteiger partial charge on any atom is -0.299 e. The molecule has 3 rings (SSSR count). The third kappa shape index (κ3) is 3.43. The van der Waals surface area contributed by atoms with Gasteiger partial charge in [-0.3, -0.25) is 4.90 Å². The van der Waals surface area contributed by atoms with Gasteiger partial charge in [0.1, 0.15) is 0 Å². The van der Waals surface area contributed by atoms with Crippen molar-refractivity contribution in [2.75, 3.05) is 13.1 Å². The number of nitriles is 1. The largest absolute Gasteiger partial charge is 0.299 e. The summed E-state index contributed by atoms with van der Waals surface area (Å²) in [6.07, 6.45) is 3.68. The molecule has 112 valence electrons. The summed E-state index contributed by atoms with van der Waals surface area (Å²) in [7, 11) is -3.46. The summed E-state index contributed by atoms with van der Waals surface area (Å²) in [5.74, 6) is 0. The molecule has 1 saturated carbocycles. The van der Waals surface area contributed by atoms with Crippen molar-refractivity contribution < 1.29 is 8.42 Å². The topological polar surface area (TPSA) is 73.2 Å². The van der Waals surface area contributed by atoms with Crippen molar-refractivity contribution in [3.8, 4) is 6.07 Å². The lowest BCUT2D eigenvalue weighted by Crippen LogP contribution is -2.37. The second-order valence-corrected chi connectivity index (χ2v) is 7.53. The third-order valence-corrected chi connectivity index (χ3v) is 5.66. The number of sulfonamides is 1. The van der Waals surface area contributed by atoms with Crippen LogP contribution >= 0.6 is 0 Å². The van der Waals surface area contributed by atoms with E-state index in [1.54, 1.807) is 24.3 Å². The maximum absolute atomic E-state index is 12.4. The highest BCUT2D eigenvalue weighted by molar-refractivity contribution is 7.89. The van der Waals surface area contributed by atoms with Gasteiger partial charge in [0.2, 0.25) is 10.0 Å². The van der Waals surface area contributed by atoms with E-state index in [4.69, 9.17) is 5.26 Å². The smallest absolute Gasteiger partial charge is 0.240 e. The van der Waals surface area contributed by atoms with Gasteiger partial charge in [0.25, 0.3) is 0 Å². The molecule has 1 unspecified atom stereocenters. The van der Waals surface area contributed by atoms with Gasteiger partial charge in [-0.25, -0.2) is 13.1 Å². The second kappa shape index (κ2) is 5.76. The Morgan fingerprint density at radius 2 is 1.95 bits per heavy atom. The molecule has 1 aliphatic carbocycles. The van der Waals surface area contributed by atoms with Crippen LogP contribution in [0.3, 0.4) is 0 Å². The van der Waals surface area contributed by atoms with E-state index >= 15 is 0 Å². The first-order valence-corrected chi connectivity index (χ1v) is 8.79. The molecule has 1 heterocycles. The van der Waals surface area contributed by atoms with Crippen LogP contribution in [0.25, 0.3) is 0 Å². The summed E-state index contributed by atoms with van der Waals surface area (Å²) < 4.78 is 27.5. The minimum atomic E-state index is -3.46. The van der Waals surface area contributed by atoms with Crippen molar-refractivity contribution in [3.63, 3.8) is 0 Å². The highest BCUT2D eigenvalue weighted by Crippen LogP contribution is 2.30.